The van der Waals surface area contributed by atoms with E-state index in [9.17, 15) is 0 Å². The zero-order valence-electron chi connectivity index (χ0n) is 11.1. The van der Waals surface area contributed by atoms with Crippen molar-refractivity contribution in [2.24, 2.45) is 7.05 Å². The summed E-state index contributed by atoms with van der Waals surface area (Å²) in [5.41, 5.74) is 1.84. The highest BCUT2D eigenvalue weighted by Crippen LogP contribution is 2.20. The Morgan fingerprint density at radius 3 is 2.79 bits per heavy atom. The summed E-state index contributed by atoms with van der Waals surface area (Å²) < 4.78 is 7.31. The van der Waals surface area contributed by atoms with Gasteiger partial charge >= 0.3 is 0 Å². The van der Waals surface area contributed by atoms with Gasteiger partial charge in [-0.3, -0.25) is 4.98 Å². The van der Waals surface area contributed by atoms with Gasteiger partial charge in [0.1, 0.15) is 0 Å². The second-order valence-corrected chi connectivity index (χ2v) is 4.85. The first-order valence-corrected chi connectivity index (χ1v) is 6.43. The zero-order chi connectivity index (χ0) is 13.2. The maximum absolute atomic E-state index is 5.63. The molecule has 1 N–H and O–H groups in total. The van der Waals surface area contributed by atoms with Crippen LogP contribution in [0.4, 0.5) is 0 Å². The minimum absolute atomic E-state index is 0.484. The fourth-order valence-corrected chi connectivity index (χ4v) is 1.81. The third kappa shape index (κ3) is 3.08. The van der Waals surface area contributed by atoms with Crippen molar-refractivity contribution in [3.63, 3.8) is 0 Å². The predicted molar refractivity (Wildman–Crippen MR) is 69.9 cm³/mol. The quantitative estimate of drug-likeness (QED) is 0.882. The fourth-order valence-electron chi connectivity index (χ4n) is 1.81. The highest BCUT2D eigenvalue weighted by Gasteiger charge is 2.20. The van der Waals surface area contributed by atoms with Crippen LogP contribution in [0.3, 0.4) is 0 Å². The lowest BCUT2D eigenvalue weighted by molar-refractivity contribution is 0.412. The Kier molecular flexibility index (Phi) is 3.16. The number of aromatic nitrogens is 4. The lowest BCUT2D eigenvalue weighted by Gasteiger charge is -2.05. The SMILES string of the molecule is Cc1cc(Oc2cnc(CNC3CC3)cn2)n(C)n1. The summed E-state index contributed by atoms with van der Waals surface area (Å²) in [6.45, 7) is 2.69. The van der Waals surface area contributed by atoms with Gasteiger partial charge in [0, 0.05) is 25.7 Å². The van der Waals surface area contributed by atoms with Crippen molar-refractivity contribution in [2.75, 3.05) is 0 Å². The molecule has 0 aliphatic heterocycles. The number of nitrogens with one attached hydrogen (secondary N) is 1. The molecule has 0 bridgehead atoms. The van der Waals surface area contributed by atoms with Gasteiger partial charge in [0.05, 0.1) is 23.8 Å². The van der Waals surface area contributed by atoms with Crippen LogP contribution in [0.25, 0.3) is 0 Å². The molecule has 0 saturated heterocycles. The molecule has 1 aliphatic rings. The second-order valence-electron chi connectivity index (χ2n) is 4.85. The van der Waals surface area contributed by atoms with Gasteiger partial charge in [-0.15, -0.1) is 0 Å². The van der Waals surface area contributed by atoms with E-state index in [0.717, 1.165) is 17.9 Å². The Labute approximate surface area is 111 Å². The van der Waals surface area contributed by atoms with Crippen LogP contribution < -0.4 is 10.1 Å². The Morgan fingerprint density at radius 2 is 2.21 bits per heavy atom. The third-order valence-electron chi connectivity index (χ3n) is 3.00. The van der Waals surface area contributed by atoms with Gasteiger partial charge in [-0.2, -0.15) is 5.10 Å². The van der Waals surface area contributed by atoms with E-state index in [1.54, 1.807) is 17.1 Å². The van der Waals surface area contributed by atoms with Crippen molar-refractivity contribution in [3.8, 4) is 11.8 Å². The Hall–Kier alpha value is -1.95. The van der Waals surface area contributed by atoms with E-state index < -0.39 is 0 Å². The topological polar surface area (TPSA) is 64.9 Å². The average Bonchev–Trinajstić information content (AvgIpc) is 3.16. The van der Waals surface area contributed by atoms with Crippen molar-refractivity contribution < 1.29 is 4.74 Å². The van der Waals surface area contributed by atoms with E-state index >= 15 is 0 Å². The molecule has 1 aliphatic carbocycles. The Morgan fingerprint density at radius 1 is 1.37 bits per heavy atom. The Bertz CT molecular complexity index is 559. The van der Waals surface area contributed by atoms with E-state index in [4.69, 9.17) is 4.74 Å². The van der Waals surface area contributed by atoms with Gasteiger partial charge < -0.3 is 10.1 Å². The average molecular weight is 259 g/mol. The molecule has 19 heavy (non-hydrogen) atoms. The lowest BCUT2D eigenvalue weighted by Crippen LogP contribution is -2.16. The van der Waals surface area contributed by atoms with Crippen LogP contribution in [0.5, 0.6) is 11.8 Å². The van der Waals surface area contributed by atoms with Crippen LogP contribution in [0.15, 0.2) is 18.5 Å². The summed E-state index contributed by atoms with van der Waals surface area (Å²) in [7, 11) is 1.84. The van der Waals surface area contributed by atoms with E-state index in [1.165, 1.54) is 12.8 Å². The van der Waals surface area contributed by atoms with Gasteiger partial charge in [-0.1, -0.05) is 0 Å². The second kappa shape index (κ2) is 4.97. The summed E-state index contributed by atoms with van der Waals surface area (Å²) in [5, 5.41) is 7.61. The van der Waals surface area contributed by atoms with Crippen molar-refractivity contribution in [1.82, 2.24) is 25.1 Å². The van der Waals surface area contributed by atoms with Gasteiger partial charge in [0.15, 0.2) is 0 Å². The number of hydrogen-bond acceptors (Lipinski definition) is 5. The third-order valence-corrected chi connectivity index (χ3v) is 3.00. The fraction of sp³-hybridized carbons (Fsp3) is 0.462. The summed E-state index contributed by atoms with van der Waals surface area (Å²) in [6.07, 6.45) is 5.93. The van der Waals surface area contributed by atoms with Crippen molar-refractivity contribution in [1.29, 1.82) is 0 Å². The first kappa shape index (κ1) is 12.1. The molecule has 3 rings (SSSR count). The van der Waals surface area contributed by atoms with E-state index in [-0.39, 0.29) is 0 Å². The van der Waals surface area contributed by atoms with Gasteiger partial charge in [0.2, 0.25) is 11.8 Å². The number of aryl methyl sites for hydroxylation is 2. The number of ether oxygens (including phenoxy) is 1. The smallest absolute Gasteiger partial charge is 0.239 e. The maximum atomic E-state index is 5.63. The molecule has 1 fully saturated rings. The van der Waals surface area contributed by atoms with Crippen molar-refractivity contribution in [3.05, 3.63) is 29.8 Å². The van der Waals surface area contributed by atoms with Crippen LogP contribution in [-0.2, 0) is 13.6 Å². The molecular formula is C13H17N5O. The molecule has 0 atom stereocenters. The summed E-state index contributed by atoms with van der Waals surface area (Å²) in [4.78, 5) is 8.59. The van der Waals surface area contributed by atoms with Crippen molar-refractivity contribution >= 4 is 0 Å². The lowest BCUT2D eigenvalue weighted by atomic mass is 10.4. The highest BCUT2D eigenvalue weighted by atomic mass is 16.5. The van der Waals surface area contributed by atoms with Gasteiger partial charge in [0.25, 0.3) is 0 Å². The van der Waals surface area contributed by atoms with Crippen LogP contribution in [0, 0.1) is 6.92 Å². The molecule has 2 aromatic heterocycles. The molecule has 0 radical (unpaired) electrons. The molecule has 100 valence electrons. The van der Waals surface area contributed by atoms with Crippen LogP contribution in [0.1, 0.15) is 24.2 Å². The normalized spacial score (nSPS) is 14.6. The molecule has 0 amide bonds. The predicted octanol–water partition coefficient (Wildman–Crippen LogP) is 1.56. The summed E-state index contributed by atoms with van der Waals surface area (Å²) in [5.74, 6) is 1.15. The monoisotopic (exact) mass is 259 g/mol. The molecule has 2 aromatic rings. The first-order chi connectivity index (χ1) is 9.20. The highest BCUT2D eigenvalue weighted by molar-refractivity contribution is 5.20. The van der Waals surface area contributed by atoms with E-state index in [2.05, 4.69) is 20.4 Å². The van der Waals surface area contributed by atoms with E-state index in [0.29, 0.717) is 17.8 Å². The molecule has 6 nitrogen and oxygen atoms in total. The molecule has 2 heterocycles. The molecule has 1 saturated carbocycles. The summed E-state index contributed by atoms with van der Waals surface area (Å²) >= 11 is 0. The van der Waals surface area contributed by atoms with E-state index in [1.807, 2.05) is 20.0 Å². The number of rotatable bonds is 5. The standard InChI is InChI=1S/C13H17N5O/c1-9-5-13(18(2)17-9)19-12-8-15-11(7-16-12)6-14-10-3-4-10/h5,7-8,10,14H,3-4,6H2,1-2H3. The van der Waals surface area contributed by atoms with Crippen LogP contribution in [-0.4, -0.2) is 25.8 Å². The largest absolute Gasteiger partial charge is 0.419 e. The maximum Gasteiger partial charge on any atom is 0.239 e. The molecule has 6 heteroatoms. The van der Waals surface area contributed by atoms with Crippen molar-refractivity contribution in [2.45, 2.75) is 32.4 Å². The molecular weight excluding hydrogens is 242 g/mol. The Balaban J connectivity index is 1.63. The molecule has 0 spiro atoms. The number of hydrogen-bond donors (Lipinski definition) is 1. The van der Waals surface area contributed by atoms with Crippen LogP contribution in [0.2, 0.25) is 0 Å². The summed E-state index contributed by atoms with van der Waals surface area (Å²) in [6, 6.07) is 2.54. The van der Waals surface area contributed by atoms with Crippen LogP contribution >= 0.6 is 0 Å². The minimum atomic E-state index is 0.484. The van der Waals surface area contributed by atoms with Gasteiger partial charge in [-0.05, 0) is 19.8 Å². The zero-order valence-corrected chi connectivity index (χ0v) is 11.1. The molecule has 0 aromatic carbocycles. The first-order valence-electron chi connectivity index (χ1n) is 6.43. The molecule has 0 unspecified atom stereocenters. The van der Waals surface area contributed by atoms with Gasteiger partial charge in [-0.25, -0.2) is 9.67 Å². The minimum Gasteiger partial charge on any atom is -0.419 e. The number of nitrogens with zero attached hydrogens (tertiary/aromatic N) is 4.